The van der Waals surface area contributed by atoms with Crippen molar-refractivity contribution in [1.82, 2.24) is 4.90 Å². The zero-order valence-electron chi connectivity index (χ0n) is 10.2. The van der Waals surface area contributed by atoms with Crippen molar-refractivity contribution in [2.75, 3.05) is 40.0 Å². The van der Waals surface area contributed by atoms with Crippen LogP contribution in [-0.4, -0.2) is 72.3 Å². The Kier molecular flexibility index (Phi) is 7.82. The lowest BCUT2D eigenvalue weighted by Gasteiger charge is -2.24. The smallest absolute Gasteiger partial charge is 0.274 e. The number of methoxy groups -OCH3 is 1. The van der Waals surface area contributed by atoms with E-state index in [1.807, 2.05) is 4.90 Å². The van der Waals surface area contributed by atoms with Crippen molar-refractivity contribution in [3.05, 3.63) is 0 Å². The first kappa shape index (κ1) is 15.8. The average Bonchev–Trinajstić information content (AvgIpc) is 2.11. The maximum Gasteiger partial charge on any atom is 0.274 e. The molecule has 1 unspecified atom stereocenters. The van der Waals surface area contributed by atoms with Crippen LogP contribution in [-0.2, 0) is 9.47 Å². The number of aliphatic hydroxyl groups excluding tert-OH is 1. The summed E-state index contributed by atoms with van der Waals surface area (Å²) in [5.74, 6) is -2.10. The molecule has 6 heteroatoms. The van der Waals surface area contributed by atoms with Gasteiger partial charge in [-0.3, -0.25) is 4.90 Å². The van der Waals surface area contributed by atoms with Gasteiger partial charge in [-0.05, 0) is 6.92 Å². The van der Waals surface area contributed by atoms with Gasteiger partial charge in [0, 0.05) is 33.7 Å². The molecular formula is C10H23NO5. The predicted octanol–water partition coefficient (Wildman–Crippen LogP) is -1.01. The van der Waals surface area contributed by atoms with Crippen molar-refractivity contribution >= 4 is 0 Å². The number of nitrogens with zero attached hydrogens (tertiary/aromatic N) is 1. The summed E-state index contributed by atoms with van der Waals surface area (Å²) in [7, 11) is 1.61. The molecule has 0 fully saturated rings. The van der Waals surface area contributed by atoms with E-state index in [1.54, 1.807) is 14.0 Å². The molecule has 0 aliphatic rings. The van der Waals surface area contributed by atoms with Gasteiger partial charge < -0.3 is 24.8 Å². The van der Waals surface area contributed by atoms with Crippen LogP contribution in [0.1, 0.15) is 13.8 Å². The topological polar surface area (TPSA) is 82.4 Å². The highest BCUT2D eigenvalue weighted by atomic mass is 16.8. The fourth-order valence-electron chi connectivity index (χ4n) is 1.26. The Morgan fingerprint density at radius 2 is 1.81 bits per heavy atom. The molecule has 98 valence electrons. The Hall–Kier alpha value is -0.240. The molecule has 0 aromatic heterocycles. The second kappa shape index (κ2) is 7.94. The number of hydrogen-bond donors (Lipinski definition) is 3. The van der Waals surface area contributed by atoms with E-state index in [0.717, 1.165) is 6.92 Å². The number of rotatable bonds is 9. The average molecular weight is 237 g/mol. The van der Waals surface area contributed by atoms with E-state index >= 15 is 0 Å². The normalized spacial score (nSPS) is 14.4. The minimum Gasteiger partial charge on any atom is -0.392 e. The summed E-state index contributed by atoms with van der Waals surface area (Å²) in [6.45, 7) is 5.26. The molecule has 0 radical (unpaired) electrons. The lowest BCUT2D eigenvalue weighted by atomic mass is 10.3. The number of ether oxygens (including phenoxy) is 2. The van der Waals surface area contributed by atoms with Crippen molar-refractivity contribution in [1.29, 1.82) is 0 Å². The van der Waals surface area contributed by atoms with Crippen molar-refractivity contribution in [2.24, 2.45) is 0 Å². The molecule has 3 N–H and O–H groups in total. The van der Waals surface area contributed by atoms with Crippen LogP contribution in [0.2, 0.25) is 0 Å². The van der Waals surface area contributed by atoms with Gasteiger partial charge in [0.25, 0.3) is 5.97 Å². The Morgan fingerprint density at radius 3 is 2.25 bits per heavy atom. The summed E-state index contributed by atoms with van der Waals surface area (Å²) in [6, 6.07) is 0. The van der Waals surface area contributed by atoms with Crippen LogP contribution in [0.5, 0.6) is 0 Å². The molecule has 6 nitrogen and oxygen atoms in total. The van der Waals surface area contributed by atoms with Gasteiger partial charge in [-0.15, -0.1) is 0 Å². The SMILES string of the molecule is COCCN(CCOC(C)(O)O)CC(C)O. The van der Waals surface area contributed by atoms with E-state index in [9.17, 15) is 5.11 Å². The fourth-order valence-corrected chi connectivity index (χ4v) is 1.26. The lowest BCUT2D eigenvalue weighted by Crippen LogP contribution is -2.38. The molecule has 16 heavy (non-hydrogen) atoms. The number of hydrogen-bond acceptors (Lipinski definition) is 6. The molecule has 0 aromatic carbocycles. The van der Waals surface area contributed by atoms with Gasteiger partial charge in [0.15, 0.2) is 0 Å². The summed E-state index contributed by atoms with van der Waals surface area (Å²) in [5, 5.41) is 27.1. The molecule has 0 aliphatic heterocycles. The van der Waals surface area contributed by atoms with Gasteiger partial charge in [0.05, 0.1) is 19.3 Å². The van der Waals surface area contributed by atoms with Crippen LogP contribution in [0.15, 0.2) is 0 Å². The Labute approximate surface area is 96.4 Å². The summed E-state index contributed by atoms with van der Waals surface area (Å²) in [4.78, 5) is 1.93. The van der Waals surface area contributed by atoms with Crippen molar-refractivity contribution in [3.8, 4) is 0 Å². The second-order valence-corrected chi connectivity index (χ2v) is 3.92. The van der Waals surface area contributed by atoms with Gasteiger partial charge in [-0.2, -0.15) is 0 Å². The van der Waals surface area contributed by atoms with Gasteiger partial charge in [0.2, 0.25) is 0 Å². The van der Waals surface area contributed by atoms with E-state index in [-0.39, 0.29) is 6.61 Å². The lowest BCUT2D eigenvalue weighted by molar-refractivity contribution is -0.325. The Balaban J connectivity index is 3.82. The van der Waals surface area contributed by atoms with Gasteiger partial charge in [0.1, 0.15) is 0 Å². The van der Waals surface area contributed by atoms with Gasteiger partial charge in [-0.1, -0.05) is 0 Å². The van der Waals surface area contributed by atoms with Crippen LogP contribution in [0.3, 0.4) is 0 Å². The summed E-state index contributed by atoms with van der Waals surface area (Å²) in [5.41, 5.74) is 0. The standard InChI is InChI=1S/C10H23NO5/c1-9(12)8-11(4-6-15-3)5-7-16-10(2,13)14/h9,12-14H,4-8H2,1-3H3. The third kappa shape index (κ3) is 10.3. The maximum absolute atomic E-state index is 9.26. The van der Waals surface area contributed by atoms with Crippen LogP contribution in [0.4, 0.5) is 0 Å². The van der Waals surface area contributed by atoms with Crippen LogP contribution < -0.4 is 0 Å². The molecular weight excluding hydrogens is 214 g/mol. The van der Waals surface area contributed by atoms with E-state index in [4.69, 9.17) is 19.7 Å². The van der Waals surface area contributed by atoms with Crippen LogP contribution in [0, 0.1) is 0 Å². The molecule has 1 atom stereocenters. The maximum atomic E-state index is 9.26. The first-order chi connectivity index (χ1) is 7.35. The second-order valence-electron chi connectivity index (χ2n) is 3.92. The molecule has 0 bridgehead atoms. The summed E-state index contributed by atoms with van der Waals surface area (Å²) < 4.78 is 9.71. The third-order valence-corrected chi connectivity index (χ3v) is 1.92. The predicted molar refractivity (Wildman–Crippen MR) is 58.8 cm³/mol. The van der Waals surface area contributed by atoms with E-state index < -0.39 is 12.1 Å². The van der Waals surface area contributed by atoms with Crippen molar-refractivity contribution < 1.29 is 24.8 Å². The highest BCUT2D eigenvalue weighted by molar-refractivity contribution is 4.61. The monoisotopic (exact) mass is 237 g/mol. The molecule has 0 heterocycles. The minimum absolute atomic E-state index is 0.180. The van der Waals surface area contributed by atoms with Crippen LogP contribution in [0.25, 0.3) is 0 Å². The zero-order valence-corrected chi connectivity index (χ0v) is 10.2. The molecule has 0 aromatic rings. The molecule has 0 amide bonds. The first-order valence-corrected chi connectivity index (χ1v) is 5.33. The van der Waals surface area contributed by atoms with Crippen LogP contribution >= 0.6 is 0 Å². The minimum atomic E-state index is -2.10. The first-order valence-electron chi connectivity index (χ1n) is 5.33. The van der Waals surface area contributed by atoms with Crippen molar-refractivity contribution in [2.45, 2.75) is 25.9 Å². The summed E-state index contributed by atoms with van der Waals surface area (Å²) >= 11 is 0. The summed E-state index contributed by atoms with van der Waals surface area (Å²) in [6.07, 6.45) is -0.438. The Bertz CT molecular complexity index is 169. The number of aliphatic hydroxyl groups is 3. The highest BCUT2D eigenvalue weighted by Gasteiger charge is 2.16. The zero-order chi connectivity index (χ0) is 12.6. The van der Waals surface area contributed by atoms with E-state index in [2.05, 4.69) is 0 Å². The van der Waals surface area contributed by atoms with E-state index in [1.165, 1.54) is 0 Å². The molecule has 0 spiro atoms. The quantitative estimate of drug-likeness (QED) is 0.446. The molecule has 0 saturated heterocycles. The van der Waals surface area contributed by atoms with E-state index in [0.29, 0.717) is 26.2 Å². The highest BCUT2D eigenvalue weighted by Crippen LogP contribution is 2.00. The molecule has 0 rings (SSSR count). The third-order valence-electron chi connectivity index (χ3n) is 1.92. The molecule has 0 saturated carbocycles. The molecule has 0 aliphatic carbocycles. The van der Waals surface area contributed by atoms with Gasteiger partial charge in [-0.25, -0.2) is 0 Å². The Morgan fingerprint density at radius 1 is 1.25 bits per heavy atom. The van der Waals surface area contributed by atoms with Crippen molar-refractivity contribution in [3.63, 3.8) is 0 Å². The van der Waals surface area contributed by atoms with Gasteiger partial charge >= 0.3 is 0 Å². The largest absolute Gasteiger partial charge is 0.392 e. The fraction of sp³-hybridized carbons (Fsp3) is 1.00.